The zero-order valence-electron chi connectivity index (χ0n) is 11.1. The molecule has 0 atom stereocenters. The van der Waals surface area contributed by atoms with E-state index in [0.717, 1.165) is 9.88 Å². The fourth-order valence-corrected chi connectivity index (χ4v) is 3.67. The summed E-state index contributed by atoms with van der Waals surface area (Å²) in [5.41, 5.74) is 5.99. The van der Waals surface area contributed by atoms with E-state index in [1.54, 1.807) is 12.3 Å². The SMILES string of the molecule is COc1ccc(N)cc1S(=O)(=O)NCc1cnc(C)s1. The van der Waals surface area contributed by atoms with E-state index in [1.165, 1.54) is 30.6 Å². The highest BCUT2D eigenvalue weighted by atomic mass is 32.2. The van der Waals surface area contributed by atoms with Crippen molar-refractivity contribution in [3.63, 3.8) is 0 Å². The van der Waals surface area contributed by atoms with Crippen LogP contribution in [0.1, 0.15) is 9.88 Å². The molecular formula is C12H15N3O3S2. The van der Waals surface area contributed by atoms with E-state index in [0.29, 0.717) is 5.69 Å². The van der Waals surface area contributed by atoms with Crippen LogP contribution in [0.5, 0.6) is 5.75 Å². The number of hydrogen-bond acceptors (Lipinski definition) is 6. The third kappa shape index (κ3) is 3.27. The number of sulfonamides is 1. The lowest BCUT2D eigenvalue weighted by Gasteiger charge is -2.10. The molecule has 2 rings (SSSR count). The summed E-state index contributed by atoms with van der Waals surface area (Å²) in [4.78, 5) is 4.95. The molecule has 20 heavy (non-hydrogen) atoms. The molecule has 2 aromatic rings. The Morgan fingerprint density at radius 3 is 2.80 bits per heavy atom. The first-order chi connectivity index (χ1) is 9.42. The molecule has 3 N–H and O–H groups in total. The molecule has 1 heterocycles. The van der Waals surface area contributed by atoms with Crippen LogP contribution in [0.15, 0.2) is 29.3 Å². The maximum absolute atomic E-state index is 12.3. The van der Waals surface area contributed by atoms with Gasteiger partial charge in [0.15, 0.2) is 0 Å². The topological polar surface area (TPSA) is 94.3 Å². The fraction of sp³-hybridized carbons (Fsp3) is 0.250. The van der Waals surface area contributed by atoms with Crippen LogP contribution >= 0.6 is 11.3 Å². The van der Waals surface area contributed by atoms with E-state index in [-0.39, 0.29) is 17.2 Å². The van der Waals surface area contributed by atoms with Crippen LogP contribution in [-0.2, 0) is 16.6 Å². The van der Waals surface area contributed by atoms with Crippen molar-refractivity contribution in [2.45, 2.75) is 18.4 Å². The summed E-state index contributed by atoms with van der Waals surface area (Å²) in [7, 11) is -2.28. The Morgan fingerprint density at radius 1 is 1.45 bits per heavy atom. The Hall–Kier alpha value is -1.64. The van der Waals surface area contributed by atoms with Gasteiger partial charge >= 0.3 is 0 Å². The third-order valence-corrected chi connectivity index (χ3v) is 4.92. The highest BCUT2D eigenvalue weighted by Gasteiger charge is 2.19. The van der Waals surface area contributed by atoms with Crippen molar-refractivity contribution in [1.82, 2.24) is 9.71 Å². The van der Waals surface area contributed by atoms with E-state index in [4.69, 9.17) is 10.5 Å². The summed E-state index contributed by atoms with van der Waals surface area (Å²) in [5, 5.41) is 0.890. The molecule has 1 aromatic carbocycles. The lowest BCUT2D eigenvalue weighted by Crippen LogP contribution is -2.23. The van der Waals surface area contributed by atoms with Crippen LogP contribution in [0.3, 0.4) is 0 Å². The van der Waals surface area contributed by atoms with Crippen molar-refractivity contribution in [2.24, 2.45) is 0 Å². The molecular weight excluding hydrogens is 298 g/mol. The first kappa shape index (κ1) is 14.8. The molecule has 0 bridgehead atoms. The lowest BCUT2D eigenvalue weighted by molar-refractivity contribution is 0.402. The Kier molecular flexibility index (Phi) is 4.26. The molecule has 0 aliphatic rings. The first-order valence-corrected chi connectivity index (χ1v) is 8.07. The highest BCUT2D eigenvalue weighted by molar-refractivity contribution is 7.89. The quantitative estimate of drug-likeness (QED) is 0.816. The van der Waals surface area contributed by atoms with Crippen molar-refractivity contribution < 1.29 is 13.2 Å². The van der Waals surface area contributed by atoms with E-state index in [9.17, 15) is 8.42 Å². The summed E-state index contributed by atoms with van der Waals surface area (Å²) in [6.45, 7) is 2.05. The number of methoxy groups -OCH3 is 1. The van der Waals surface area contributed by atoms with Gasteiger partial charge in [0.25, 0.3) is 0 Å². The number of rotatable bonds is 5. The Morgan fingerprint density at radius 2 is 2.20 bits per heavy atom. The van der Waals surface area contributed by atoms with E-state index < -0.39 is 10.0 Å². The number of ether oxygens (including phenoxy) is 1. The van der Waals surface area contributed by atoms with Gasteiger partial charge in [-0.1, -0.05) is 0 Å². The Labute approximate surface area is 121 Å². The number of aromatic nitrogens is 1. The largest absolute Gasteiger partial charge is 0.495 e. The van der Waals surface area contributed by atoms with E-state index in [2.05, 4.69) is 9.71 Å². The van der Waals surface area contributed by atoms with Gasteiger partial charge in [-0.3, -0.25) is 0 Å². The van der Waals surface area contributed by atoms with Crippen molar-refractivity contribution in [3.05, 3.63) is 34.3 Å². The Bertz CT molecular complexity index is 710. The molecule has 8 heteroatoms. The molecule has 108 valence electrons. The van der Waals surface area contributed by atoms with Gasteiger partial charge < -0.3 is 10.5 Å². The van der Waals surface area contributed by atoms with Crippen LogP contribution in [0.25, 0.3) is 0 Å². The zero-order chi connectivity index (χ0) is 14.8. The summed E-state index contributed by atoms with van der Waals surface area (Å²) < 4.78 is 32.1. The van der Waals surface area contributed by atoms with Crippen molar-refractivity contribution in [1.29, 1.82) is 0 Å². The molecule has 6 nitrogen and oxygen atoms in total. The second kappa shape index (κ2) is 5.78. The number of nitrogens with one attached hydrogen (secondary N) is 1. The number of benzene rings is 1. The molecule has 0 unspecified atom stereocenters. The maximum atomic E-state index is 12.3. The number of aryl methyl sites for hydroxylation is 1. The van der Waals surface area contributed by atoms with Gasteiger partial charge in [-0.05, 0) is 25.1 Å². The van der Waals surface area contributed by atoms with E-state index >= 15 is 0 Å². The van der Waals surface area contributed by atoms with Gasteiger partial charge in [0.05, 0.1) is 12.1 Å². The predicted octanol–water partition coefficient (Wildman–Crippen LogP) is 1.52. The molecule has 0 amide bonds. The second-order valence-electron chi connectivity index (χ2n) is 4.08. The second-order valence-corrected chi connectivity index (χ2v) is 7.14. The zero-order valence-corrected chi connectivity index (χ0v) is 12.7. The van der Waals surface area contributed by atoms with Gasteiger partial charge in [0.2, 0.25) is 10.0 Å². The number of nitrogens with zero attached hydrogens (tertiary/aromatic N) is 1. The van der Waals surface area contributed by atoms with E-state index in [1.807, 2.05) is 6.92 Å². The molecule has 0 spiro atoms. The number of nitrogen functional groups attached to an aromatic ring is 1. The van der Waals surface area contributed by atoms with Crippen LogP contribution in [0.4, 0.5) is 5.69 Å². The van der Waals surface area contributed by atoms with Gasteiger partial charge in [0.1, 0.15) is 10.6 Å². The molecule has 0 saturated heterocycles. The average molecular weight is 313 g/mol. The highest BCUT2D eigenvalue weighted by Crippen LogP contribution is 2.26. The maximum Gasteiger partial charge on any atom is 0.244 e. The smallest absolute Gasteiger partial charge is 0.244 e. The predicted molar refractivity (Wildman–Crippen MR) is 78.3 cm³/mol. The number of hydrogen-bond donors (Lipinski definition) is 2. The summed E-state index contributed by atoms with van der Waals surface area (Å²) in [5.74, 6) is 0.257. The summed E-state index contributed by atoms with van der Waals surface area (Å²) in [6, 6.07) is 4.49. The van der Waals surface area contributed by atoms with Crippen molar-refractivity contribution >= 4 is 27.0 Å². The van der Waals surface area contributed by atoms with Gasteiger partial charge in [-0.25, -0.2) is 18.1 Å². The van der Waals surface area contributed by atoms with Crippen molar-refractivity contribution in [2.75, 3.05) is 12.8 Å². The third-order valence-electron chi connectivity index (χ3n) is 2.58. The number of anilines is 1. The number of thiazole rings is 1. The molecule has 1 aromatic heterocycles. The van der Waals surface area contributed by atoms with Crippen LogP contribution < -0.4 is 15.2 Å². The van der Waals surface area contributed by atoms with Crippen LogP contribution in [0, 0.1) is 6.92 Å². The van der Waals surface area contributed by atoms with Gasteiger partial charge in [0, 0.05) is 23.3 Å². The lowest BCUT2D eigenvalue weighted by atomic mass is 10.3. The van der Waals surface area contributed by atoms with Gasteiger partial charge in [-0.2, -0.15) is 0 Å². The standard InChI is InChI=1S/C12H15N3O3S2/c1-8-14-6-10(19-8)7-15-20(16,17)12-5-9(13)3-4-11(12)18-2/h3-6,15H,7,13H2,1-2H3. The summed E-state index contributed by atoms with van der Waals surface area (Å²) >= 11 is 1.44. The Balaban J connectivity index is 2.24. The molecule has 0 aliphatic heterocycles. The van der Waals surface area contributed by atoms with Crippen LogP contribution in [-0.4, -0.2) is 20.5 Å². The van der Waals surface area contributed by atoms with Crippen molar-refractivity contribution in [3.8, 4) is 5.75 Å². The molecule has 0 saturated carbocycles. The minimum absolute atomic E-state index is 0.0289. The van der Waals surface area contributed by atoms with Gasteiger partial charge in [-0.15, -0.1) is 11.3 Å². The first-order valence-electron chi connectivity index (χ1n) is 5.77. The molecule has 0 aliphatic carbocycles. The fourth-order valence-electron chi connectivity index (χ4n) is 1.63. The normalized spacial score (nSPS) is 11.5. The van der Waals surface area contributed by atoms with Crippen LogP contribution in [0.2, 0.25) is 0 Å². The molecule has 0 radical (unpaired) electrons. The molecule has 0 fully saturated rings. The minimum atomic E-state index is -3.69. The monoisotopic (exact) mass is 313 g/mol. The average Bonchev–Trinajstić information content (AvgIpc) is 2.82. The number of nitrogens with two attached hydrogens (primary N) is 1. The minimum Gasteiger partial charge on any atom is -0.495 e. The summed E-state index contributed by atoms with van der Waals surface area (Å²) in [6.07, 6.45) is 1.65.